The highest BCUT2D eigenvalue weighted by Gasteiger charge is 2.44. The number of hydrogen-bond acceptors (Lipinski definition) is 5. The number of carboxylic acids is 1. The Morgan fingerprint density at radius 3 is 2.23 bits per heavy atom. The minimum atomic E-state index is -1.16. The number of nitrogens with one attached hydrogen (secondary N) is 1. The molecule has 1 aliphatic carbocycles. The zero-order chi connectivity index (χ0) is 33.8. The smallest absolute Gasteiger partial charge is 0.408 e. The second kappa shape index (κ2) is 16.2. The van der Waals surface area contributed by atoms with Crippen molar-refractivity contribution in [2.75, 3.05) is 13.1 Å². The second-order valence-corrected chi connectivity index (χ2v) is 11.6. The molecule has 2 unspecified atom stereocenters. The number of alkyl carbamates (subject to hydrolysis) is 1. The molecule has 5 rings (SSSR count). The van der Waals surface area contributed by atoms with E-state index in [0.29, 0.717) is 5.69 Å². The van der Waals surface area contributed by atoms with E-state index in [0.717, 1.165) is 23.1 Å². The van der Waals surface area contributed by atoms with Crippen molar-refractivity contribution in [3.05, 3.63) is 162 Å². The average molecular weight is 645 g/mol. The quantitative estimate of drug-likeness (QED) is 0.160. The number of hydrogen-bond donors (Lipinski definition) is 2. The van der Waals surface area contributed by atoms with Gasteiger partial charge in [-0.2, -0.15) is 0 Å². The Bertz CT molecular complexity index is 1710. The third-order valence-electron chi connectivity index (χ3n) is 8.46. The van der Waals surface area contributed by atoms with Crippen LogP contribution in [0.3, 0.4) is 0 Å². The van der Waals surface area contributed by atoms with Crippen molar-refractivity contribution in [2.24, 2.45) is 5.92 Å². The molecule has 0 radical (unpaired) electrons. The van der Waals surface area contributed by atoms with Gasteiger partial charge in [0, 0.05) is 30.8 Å². The molecule has 246 valence electrons. The number of imidazole rings is 1. The first-order chi connectivity index (χ1) is 23.4. The molecule has 0 fully saturated rings. The highest BCUT2D eigenvalue weighted by atomic mass is 16.5. The Kier molecular flexibility index (Phi) is 11.4. The van der Waals surface area contributed by atoms with E-state index in [9.17, 15) is 19.5 Å². The van der Waals surface area contributed by atoms with Crippen molar-refractivity contribution >= 4 is 18.0 Å². The molecule has 1 aromatic heterocycles. The molecule has 3 aromatic carbocycles. The van der Waals surface area contributed by atoms with Crippen LogP contribution in [0, 0.1) is 5.92 Å². The molecule has 9 nitrogen and oxygen atoms in total. The van der Waals surface area contributed by atoms with E-state index in [2.05, 4.69) is 51.3 Å². The summed E-state index contributed by atoms with van der Waals surface area (Å²) in [6.07, 6.45) is 15.3. The van der Waals surface area contributed by atoms with Crippen LogP contribution in [0.1, 0.15) is 35.7 Å². The molecule has 1 aliphatic rings. The number of rotatable bonds is 14. The molecular formula is C39H40N4O5. The minimum absolute atomic E-state index is 0.00951. The Labute approximate surface area is 280 Å². The fourth-order valence-corrected chi connectivity index (χ4v) is 6.28. The van der Waals surface area contributed by atoms with Gasteiger partial charge in [0.25, 0.3) is 0 Å². The third kappa shape index (κ3) is 7.81. The molecule has 0 aliphatic heterocycles. The predicted octanol–water partition coefficient (Wildman–Crippen LogP) is 6.13. The summed E-state index contributed by atoms with van der Waals surface area (Å²) in [4.78, 5) is 45.0. The van der Waals surface area contributed by atoms with Crippen molar-refractivity contribution in [3.63, 3.8) is 0 Å². The Morgan fingerprint density at radius 1 is 1.00 bits per heavy atom. The standard InChI is InChI=1S/C39H40N4O5/c1-2-3-24-42(27-36(44)45)37(46)35(41-38(47)48-28-30-16-8-4-9-17-30)25-34-26-40-29-43(34)39(31-18-10-5-11-19-31,32-20-12-6-13-21-32)33-22-14-7-15-23-33/h2-22,26,29,33,35H,23-25,27-28H2,1H3,(H,41,47)(H,44,45)/b3-2+. The van der Waals surface area contributed by atoms with E-state index in [1.54, 1.807) is 31.6 Å². The van der Waals surface area contributed by atoms with Crippen LogP contribution in [0.4, 0.5) is 4.79 Å². The first-order valence-electron chi connectivity index (χ1n) is 16.0. The number of aromatic nitrogens is 2. The first-order valence-corrected chi connectivity index (χ1v) is 16.0. The number of benzene rings is 3. The maximum Gasteiger partial charge on any atom is 0.408 e. The number of amides is 2. The lowest BCUT2D eigenvalue weighted by Crippen LogP contribution is -2.52. The number of ether oxygens (including phenoxy) is 1. The Hall–Kier alpha value is -5.70. The molecule has 0 saturated carbocycles. The molecule has 0 saturated heterocycles. The van der Waals surface area contributed by atoms with Crippen LogP contribution < -0.4 is 5.32 Å². The molecule has 2 N–H and O–H groups in total. The van der Waals surface area contributed by atoms with E-state index < -0.39 is 36.1 Å². The lowest BCUT2D eigenvalue weighted by atomic mass is 9.70. The molecular weight excluding hydrogens is 604 g/mol. The molecule has 48 heavy (non-hydrogen) atoms. The lowest BCUT2D eigenvalue weighted by molar-refractivity contribution is -0.144. The van der Waals surface area contributed by atoms with E-state index in [-0.39, 0.29) is 25.5 Å². The molecule has 9 heteroatoms. The minimum Gasteiger partial charge on any atom is -0.480 e. The summed E-state index contributed by atoms with van der Waals surface area (Å²) in [5, 5.41) is 12.4. The number of carbonyl (C=O) groups excluding carboxylic acids is 2. The fraction of sp³-hybridized carbons (Fsp3) is 0.231. The maximum atomic E-state index is 14.1. The largest absolute Gasteiger partial charge is 0.480 e. The van der Waals surface area contributed by atoms with Crippen LogP contribution in [-0.2, 0) is 32.9 Å². The van der Waals surface area contributed by atoms with Crippen molar-refractivity contribution in [1.29, 1.82) is 0 Å². The number of carbonyl (C=O) groups is 3. The van der Waals surface area contributed by atoms with Gasteiger partial charge in [-0.1, -0.05) is 127 Å². The van der Waals surface area contributed by atoms with Gasteiger partial charge in [0.15, 0.2) is 0 Å². The third-order valence-corrected chi connectivity index (χ3v) is 8.46. The number of aliphatic carboxylic acids is 1. The van der Waals surface area contributed by atoms with Gasteiger partial charge in [0.1, 0.15) is 24.7 Å². The van der Waals surface area contributed by atoms with Crippen LogP contribution in [0.2, 0.25) is 0 Å². The van der Waals surface area contributed by atoms with Crippen molar-refractivity contribution in [3.8, 4) is 0 Å². The Balaban J connectivity index is 1.58. The normalized spacial score (nSPS) is 14.8. The Morgan fingerprint density at radius 2 is 1.65 bits per heavy atom. The summed E-state index contributed by atoms with van der Waals surface area (Å²) in [6, 6.07) is 28.4. The van der Waals surface area contributed by atoms with Gasteiger partial charge in [0.2, 0.25) is 5.91 Å². The van der Waals surface area contributed by atoms with Gasteiger partial charge in [-0.05, 0) is 30.0 Å². The zero-order valence-corrected chi connectivity index (χ0v) is 26.9. The molecule has 0 spiro atoms. The summed E-state index contributed by atoms with van der Waals surface area (Å²) in [5.74, 6) is -1.74. The van der Waals surface area contributed by atoms with Crippen LogP contribution >= 0.6 is 0 Å². The van der Waals surface area contributed by atoms with Gasteiger partial charge < -0.3 is 24.6 Å². The molecule has 2 amide bonds. The topological polar surface area (TPSA) is 114 Å². The van der Waals surface area contributed by atoms with Gasteiger partial charge >= 0.3 is 12.1 Å². The summed E-state index contributed by atoms with van der Waals surface area (Å²) >= 11 is 0. The van der Waals surface area contributed by atoms with Gasteiger partial charge in [-0.15, -0.1) is 0 Å². The van der Waals surface area contributed by atoms with Gasteiger partial charge in [0.05, 0.1) is 6.33 Å². The zero-order valence-electron chi connectivity index (χ0n) is 26.9. The number of allylic oxidation sites excluding steroid dienone is 5. The van der Waals surface area contributed by atoms with Crippen LogP contribution in [-0.4, -0.2) is 56.7 Å². The van der Waals surface area contributed by atoms with E-state index in [1.807, 2.05) is 78.9 Å². The van der Waals surface area contributed by atoms with Crippen LogP contribution in [0.25, 0.3) is 0 Å². The van der Waals surface area contributed by atoms with Crippen molar-refractivity contribution < 1.29 is 24.2 Å². The number of nitrogens with zero attached hydrogens (tertiary/aromatic N) is 3. The summed E-state index contributed by atoms with van der Waals surface area (Å²) < 4.78 is 7.60. The van der Waals surface area contributed by atoms with E-state index in [1.165, 1.54) is 4.90 Å². The van der Waals surface area contributed by atoms with Crippen LogP contribution in [0.5, 0.6) is 0 Å². The van der Waals surface area contributed by atoms with Gasteiger partial charge in [-0.25, -0.2) is 9.78 Å². The molecule has 1 heterocycles. The number of carboxylic acid groups (broad SMARTS) is 1. The summed E-state index contributed by atoms with van der Waals surface area (Å²) in [7, 11) is 0. The molecule has 2 atom stereocenters. The second-order valence-electron chi connectivity index (χ2n) is 11.6. The van der Waals surface area contributed by atoms with E-state index >= 15 is 0 Å². The molecule has 0 bridgehead atoms. The average Bonchev–Trinajstić information content (AvgIpc) is 3.59. The molecule has 4 aromatic rings. The monoisotopic (exact) mass is 644 g/mol. The first kappa shape index (κ1) is 33.7. The maximum absolute atomic E-state index is 14.1. The predicted molar refractivity (Wildman–Crippen MR) is 184 cm³/mol. The lowest BCUT2D eigenvalue weighted by Gasteiger charge is -2.43. The summed E-state index contributed by atoms with van der Waals surface area (Å²) in [6.45, 7) is 1.34. The van der Waals surface area contributed by atoms with Crippen molar-refractivity contribution in [1.82, 2.24) is 19.8 Å². The van der Waals surface area contributed by atoms with E-state index in [4.69, 9.17) is 4.74 Å². The van der Waals surface area contributed by atoms with Crippen LogP contribution in [0.15, 0.2) is 140 Å². The summed E-state index contributed by atoms with van der Waals surface area (Å²) in [5.41, 5.74) is 2.74. The van der Waals surface area contributed by atoms with Gasteiger partial charge in [-0.3, -0.25) is 9.59 Å². The highest BCUT2D eigenvalue weighted by Crippen LogP contribution is 2.45. The SMILES string of the molecule is C/C=C/CN(CC(=O)O)C(=O)C(Cc1cncn1C(c1ccccc1)(c1ccccc1)C1C=CC=CC1)NC(=O)OCc1ccccc1. The highest BCUT2D eigenvalue weighted by molar-refractivity contribution is 5.88. The van der Waals surface area contributed by atoms with Crippen molar-refractivity contribution in [2.45, 2.75) is 38.0 Å². The fourth-order valence-electron chi connectivity index (χ4n) is 6.28.